The van der Waals surface area contributed by atoms with Gasteiger partial charge in [-0.25, -0.2) is 0 Å². The average Bonchev–Trinajstić information content (AvgIpc) is 2.51. The van der Waals surface area contributed by atoms with Crippen LogP contribution in [0.3, 0.4) is 0 Å². The molecular weight excluding hydrogens is 190 g/mol. The van der Waals surface area contributed by atoms with E-state index in [1.54, 1.807) is 0 Å². The fraction of sp³-hybridized carbons (Fsp3) is 0.889. The first-order chi connectivity index (χ1) is 6.45. The van der Waals surface area contributed by atoms with E-state index in [0.29, 0.717) is 5.92 Å². The Morgan fingerprint density at radius 2 is 2.21 bits per heavy atom. The van der Waals surface area contributed by atoms with Crippen molar-refractivity contribution >= 4 is 5.91 Å². The molecule has 1 amide bonds. The Kier molecular flexibility index (Phi) is 3.42. The Morgan fingerprint density at radius 3 is 2.64 bits per heavy atom. The topological polar surface area (TPSA) is 55.1 Å². The number of hydrogen-bond donors (Lipinski definition) is 2. The summed E-state index contributed by atoms with van der Waals surface area (Å²) in [6.45, 7) is 1.12. The molecule has 0 aliphatic heterocycles. The monoisotopic (exact) mass is 206 g/mol. The molecule has 1 rings (SSSR count). The molecule has 0 spiro atoms. The zero-order chi connectivity index (χ0) is 10.8. The number of alkyl halides is 2. The van der Waals surface area contributed by atoms with Crippen LogP contribution in [0.25, 0.3) is 0 Å². The van der Waals surface area contributed by atoms with Crippen LogP contribution >= 0.6 is 0 Å². The smallest absolute Gasteiger partial charge is 0.336 e. The fourth-order valence-electron chi connectivity index (χ4n) is 1.72. The van der Waals surface area contributed by atoms with Crippen LogP contribution in [0.1, 0.15) is 26.2 Å². The Morgan fingerprint density at radius 1 is 1.57 bits per heavy atom. The molecular formula is C9H16F2N2O. The molecule has 0 radical (unpaired) electrons. The third-order valence-electron chi connectivity index (χ3n) is 2.62. The number of hydrogen-bond acceptors (Lipinski definition) is 2. The molecule has 0 heterocycles. The van der Waals surface area contributed by atoms with Crippen molar-refractivity contribution in [3.8, 4) is 0 Å². The lowest BCUT2D eigenvalue weighted by molar-refractivity contribution is -0.144. The maximum atomic E-state index is 12.8. The van der Waals surface area contributed by atoms with Gasteiger partial charge in [0, 0.05) is 6.04 Å². The van der Waals surface area contributed by atoms with Crippen molar-refractivity contribution in [2.45, 2.75) is 38.2 Å². The molecule has 82 valence electrons. The second-order valence-corrected chi connectivity index (χ2v) is 4.00. The number of carbonyl (C=O) groups excluding carboxylic acids is 1. The molecule has 1 aliphatic rings. The standard InChI is InChI=1S/C9H16F2N2O/c1-6-2-3-7(4-6)13-8(14)9(10,11)5-12/h6-7H,2-5,12H2,1H3,(H,13,14). The minimum atomic E-state index is -3.42. The first kappa shape index (κ1) is 11.4. The maximum absolute atomic E-state index is 12.8. The number of nitrogens with two attached hydrogens (primary N) is 1. The quantitative estimate of drug-likeness (QED) is 0.720. The highest BCUT2D eigenvalue weighted by Crippen LogP contribution is 2.25. The summed E-state index contributed by atoms with van der Waals surface area (Å²) in [7, 11) is 0. The zero-order valence-electron chi connectivity index (χ0n) is 8.22. The zero-order valence-corrected chi connectivity index (χ0v) is 8.22. The SMILES string of the molecule is CC1CCC(NC(=O)C(F)(F)CN)C1. The van der Waals surface area contributed by atoms with Crippen LogP contribution < -0.4 is 11.1 Å². The van der Waals surface area contributed by atoms with Gasteiger partial charge in [0.25, 0.3) is 5.91 Å². The van der Waals surface area contributed by atoms with Gasteiger partial charge in [0.05, 0.1) is 6.54 Å². The summed E-state index contributed by atoms with van der Waals surface area (Å²) >= 11 is 0. The van der Waals surface area contributed by atoms with Gasteiger partial charge in [0.2, 0.25) is 0 Å². The van der Waals surface area contributed by atoms with Gasteiger partial charge in [-0.3, -0.25) is 4.79 Å². The number of halogens is 2. The molecule has 2 atom stereocenters. The van der Waals surface area contributed by atoms with E-state index in [4.69, 9.17) is 5.73 Å². The fourth-order valence-corrected chi connectivity index (χ4v) is 1.72. The lowest BCUT2D eigenvalue weighted by Crippen LogP contribution is -2.48. The minimum Gasteiger partial charge on any atom is -0.348 e. The normalized spacial score (nSPS) is 27.7. The Balaban J connectivity index is 2.41. The molecule has 1 fully saturated rings. The van der Waals surface area contributed by atoms with Gasteiger partial charge in [-0.05, 0) is 25.2 Å². The average molecular weight is 206 g/mol. The predicted molar refractivity (Wildman–Crippen MR) is 48.9 cm³/mol. The lowest BCUT2D eigenvalue weighted by atomic mass is 10.1. The highest BCUT2D eigenvalue weighted by atomic mass is 19.3. The maximum Gasteiger partial charge on any atom is 0.336 e. The van der Waals surface area contributed by atoms with E-state index in [2.05, 4.69) is 5.32 Å². The summed E-state index contributed by atoms with van der Waals surface area (Å²) in [4.78, 5) is 11.0. The molecule has 3 nitrogen and oxygen atoms in total. The molecule has 1 saturated carbocycles. The van der Waals surface area contributed by atoms with Gasteiger partial charge in [0.1, 0.15) is 0 Å². The molecule has 0 aromatic carbocycles. The number of nitrogens with one attached hydrogen (secondary N) is 1. The van der Waals surface area contributed by atoms with Crippen LogP contribution in [0.4, 0.5) is 8.78 Å². The molecule has 1 aliphatic carbocycles. The van der Waals surface area contributed by atoms with E-state index < -0.39 is 18.4 Å². The molecule has 0 saturated heterocycles. The summed E-state index contributed by atoms with van der Waals surface area (Å²) < 4.78 is 25.5. The third kappa shape index (κ3) is 2.64. The minimum absolute atomic E-state index is 0.102. The molecule has 0 aromatic rings. The summed E-state index contributed by atoms with van der Waals surface area (Å²) in [5, 5.41) is 2.33. The van der Waals surface area contributed by atoms with Crippen molar-refractivity contribution in [1.82, 2.24) is 5.32 Å². The van der Waals surface area contributed by atoms with Gasteiger partial charge in [-0.15, -0.1) is 0 Å². The van der Waals surface area contributed by atoms with E-state index in [9.17, 15) is 13.6 Å². The molecule has 0 aromatic heterocycles. The van der Waals surface area contributed by atoms with Crippen molar-refractivity contribution in [1.29, 1.82) is 0 Å². The second kappa shape index (κ2) is 4.21. The third-order valence-corrected chi connectivity index (χ3v) is 2.62. The summed E-state index contributed by atoms with van der Waals surface area (Å²) in [5.41, 5.74) is 4.80. The Labute approximate surface area is 82.0 Å². The van der Waals surface area contributed by atoms with E-state index in [0.717, 1.165) is 19.3 Å². The van der Waals surface area contributed by atoms with Crippen molar-refractivity contribution in [2.75, 3.05) is 6.54 Å². The van der Waals surface area contributed by atoms with Gasteiger partial charge < -0.3 is 11.1 Å². The largest absolute Gasteiger partial charge is 0.348 e. The summed E-state index contributed by atoms with van der Waals surface area (Å²) in [6.07, 6.45) is 2.55. The van der Waals surface area contributed by atoms with Crippen LogP contribution in [0.15, 0.2) is 0 Å². The number of rotatable bonds is 3. The van der Waals surface area contributed by atoms with Crippen LogP contribution in [0, 0.1) is 5.92 Å². The van der Waals surface area contributed by atoms with Gasteiger partial charge in [0.15, 0.2) is 0 Å². The van der Waals surface area contributed by atoms with Gasteiger partial charge >= 0.3 is 5.92 Å². The molecule has 2 unspecified atom stereocenters. The number of amides is 1. The van der Waals surface area contributed by atoms with Crippen molar-refractivity contribution < 1.29 is 13.6 Å². The molecule has 0 bridgehead atoms. The highest BCUT2D eigenvalue weighted by Gasteiger charge is 2.38. The van der Waals surface area contributed by atoms with Crippen LogP contribution in [-0.2, 0) is 4.79 Å². The second-order valence-electron chi connectivity index (χ2n) is 4.00. The summed E-state index contributed by atoms with van der Waals surface area (Å²) in [6, 6.07) is -0.102. The van der Waals surface area contributed by atoms with Crippen molar-refractivity contribution in [2.24, 2.45) is 11.7 Å². The van der Waals surface area contributed by atoms with Crippen LogP contribution in [-0.4, -0.2) is 24.4 Å². The first-order valence-corrected chi connectivity index (χ1v) is 4.84. The summed E-state index contributed by atoms with van der Waals surface area (Å²) in [5.74, 6) is -4.16. The van der Waals surface area contributed by atoms with Crippen molar-refractivity contribution in [3.05, 3.63) is 0 Å². The number of carbonyl (C=O) groups is 1. The van der Waals surface area contributed by atoms with E-state index in [1.807, 2.05) is 6.92 Å². The highest BCUT2D eigenvalue weighted by molar-refractivity contribution is 5.83. The Bertz CT molecular complexity index is 221. The molecule has 5 heteroatoms. The van der Waals surface area contributed by atoms with E-state index >= 15 is 0 Å². The van der Waals surface area contributed by atoms with E-state index in [-0.39, 0.29) is 6.04 Å². The van der Waals surface area contributed by atoms with Crippen molar-refractivity contribution in [3.63, 3.8) is 0 Å². The first-order valence-electron chi connectivity index (χ1n) is 4.84. The van der Waals surface area contributed by atoms with Crippen LogP contribution in [0.2, 0.25) is 0 Å². The van der Waals surface area contributed by atoms with Gasteiger partial charge in [-0.2, -0.15) is 8.78 Å². The van der Waals surface area contributed by atoms with Crippen LogP contribution in [0.5, 0.6) is 0 Å². The van der Waals surface area contributed by atoms with E-state index in [1.165, 1.54) is 0 Å². The Hall–Kier alpha value is -0.710. The predicted octanol–water partition coefficient (Wildman–Crippen LogP) is 0.885. The lowest BCUT2D eigenvalue weighted by Gasteiger charge is -2.17. The molecule has 3 N–H and O–H groups in total. The molecule has 14 heavy (non-hydrogen) atoms. The van der Waals surface area contributed by atoms with Gasteiger partial charge in [-0.1, -0.05) is 6.92 Å².